The lowest BCUT2D eigenvalue weighted by Crippen LogP contribution is -2.58. The maximum absolute atomic E-state index is 13.3. The molecule has 2 heterocycles. The summed E-state index contributed by atoms with van der Waals surface area (Å²) in [6.45, 7) is 1.44. The normalized spacial score (nSPS) is 25.2. The fourth-order valence-corrected chi connectivity index (χ4v) is 3.62. The molecule has 0 aliphatic carbocycles. The minimum Gasteiger partial charge on any atom is -0.508 e. The first-order valence-electron chi connectivity index (χ1n) is 9.88. The minimum absolute atomic E-state index is 0.150. The van der Waals surface area contributed by atoms with E-state index in [2.05, 4.69) is 0 Å². The summed E-state index contributed by atoms with van der Waals surface area (Å²) in [5.74, 6) is -1.80. The number of phenols is 3. The molecule has 1 aliphatic heterocycles. The van der Waals surface area contributed by atoms with Crippen LogP contribution >= 0.6 is 0 Å². The number of ether oxygens (including phenoxy) is 3. The molecule has 0 saturated carbocycles. The topological polar surface area (TPSA) is 179 Å². The smallest absolute Gasteiger partial charge is 0.239 e. The van der Waals surface area contributed by atoms with Crippen LogP contribution in [0.1, 0.15) is 6.92 Å². The Morgan fingerprint density at radius 1 is 0.939 bits per heavy atom. The zero-order valence-electron chi connectivity index (χ0n) is 17.5. The summed E-state index contributed by atoms with van der Waals surface area (Å²) in [6.07, 6.45) is -7.26. The largest absolute Gasteiger partial charge is 0.508 e. The maximum atomic E-state index is 13.3. The van der Waals surface area contributed by atoms with E-state index >= 15 is 0 Å². The second-order valence-electron chi connectivity index (χ2n) is 7.61. The van der Waals surface area contributed by atoms with Gasteiger partial charge in [0.1, 0.15) is 40.8 Å². The third-order valence-corrected chi connectivity index (χ3v) is 5.40. The molecule has 6 N–H and O–H groups in total. The van der Waals surface area contributed by atoms with Gasteiger partial charge in [0.05, 0.1) is 13.2 Å². The van der Waals surface area contributed by atoms with Crippen molar-refractivity contribution in [3.63, 3.8) is 0 Å². The van der Waals surface area contributed by atoms with Crippen LogP contribution in [0.4, 0.5) is 0 Å². The van der Waals surface area contributed by atoms with Crippen molar-refractivity contribution in [2.24, 2.45) is 0 Å². The molecule has 0 spiro atoms. The van der Waals surface area contributed by atoms with E-state index in [0.717, 1.165) is 12.1 Å². The summed E-state index contributed by atoms with van der Waals surface area (Å²) in [4.78, 5) is 13.3. The zero-order chi connectivity index (χ0) is 24.0. The van der Waals surface area contributed by atoms with Gasteiger partial charge in [-0.3, -0.25) is 4.79 Å². The molecule has 176 valence electrons. The Hall–Kier alpha value is -3.51. The number of benzene rings is 2. The highest BCUT2D eigenvalue weighted by Gasteiger charge is 2.44. The molecule has 0 amide bonds. The maximum Gasteiger partial charge on any atom is 0.239 e. The highest BCUT2D eigenvalue weighted by Crippen LogP contribution is 2.39. The van der Waals surface area contributed by atoms with Gasteiger partial charge in [0.25, 0.3) is 0 Å². The van der Waals surface area contributed by atoms with Crippen LogP contribution in [0, 0.1) is 0 Å². The predicted octanol–water partition coefficient (Wildman–Crippen LogP) is 0.792. The molecule has 1 fully saturated rings. The average Bonchev–Trinajstić information content (AvgIpc) is 2.76. The number of phenolic OH excluding ortho intramolecular Hbond substituents is 3. The van der Waals surface area contributed by atoms with Crippen molar-refractivity contribution >= 4 is 11.0 Å². The van der Waals surface area contributed by atoms with Crippen molar-refractivity contribution in [2.45, 2.75) is 37.6 Å². The van der Waals surface area contributed by atoms with E-state index in [0.29, 0.717) is 0 Å². The third-order valence-electron chi connectivity index (χ3n) is 5.40. The summed E-state index contributed by atoms with van der Waals surface area (Å²) in [5, 5.41) is 60.2. The number of hydrogen-bond donors (Lipinski definition) is 6. The van der Waals surface area contributed by atoms with Crippen LogP contribution in [-0.4, -0.2) is 68.5 Å². The molecule has 1 aliphatic rings. The van der Waals surface area contributed by atoms with Crippen molar-refractivity contribution in [1.29, 1.82) is 0 Å². The summed E-state index contributed by atoms with van der Waals surface area (Å²) >= 11 is 0. The number of aliphatic hydroxyl groups excluding tert-OH is 3. The van der Waals surface area contributed by atoms with Crippen LogP contribution in [-0.2, 0) is 4.74 Å². The van der Waals surface area contributed by atoms with Crippen LogP contribution in [0.15, 0.2) is 39.5 Å². The molecule has 1 aromatic heterocycles. The minimum atomic E-state index is -1.73. The molecule has 5 atom stereocenters. The van der Waals surface area contributed by atoms with Gasteiger partial charge >= 0.3 is 0 Å². The summed E-state index contributed by atoms with van der Waals surface area (Å²) in [7, 11) is 1.35. The number of aromatic hydroxyl groups is 3. The van der Waals surface area contributed by atoms with Gasteiger partial charge in [-0.2, -0.15) is 0 Å². The lowest BCUT2D eigenvalue weighted by atomic mass is 10.00. The van der Waals surface area contributed by atoms with Gasteiger partial charge in [-0.1, -0.05) is 0 Å². The monoisotopic (exact) mass is 462 g/mol. The van der Waals surface area contributed by atoms with Crippen LogP contribution in [0.25, 0.3) is 22.3 Å². The quantitative estimate of drug-likeness (QED) is 0.323. The predicted molar refractivity (Wildman–Crippen MR) is 112 cm³/mol. The Morgan fingerprint density at radius 2 is 1.67 bits per heavy atom. The van der Waals surface area contributed by atoms with Crippen molar-refractivity contribution in [3.05, 3.63) is 40.6 Å². The molecule has 2 aromatic carbocycles. The Bertz CT molecular complexity index is 1250. The van der Waals surface area contributed by atoms with Crippen molar-refractivity contribution < 1.29 is 49.3 Å². The van der Waals surface area contributed by atoms with Gasteiger partial charge in [0, 0.05) is 17.7 Å². The SMILES string of the molecule is COc1ccc(-c2oc3cc(O)cc(O)c3c(=O)c2O[C@@H]2OC(C)[C@H](O)C(O)[C@@H]2O)cc1O. The van der Waals surface area contributed by atoms with Crippen LogP contribution in [0.2, 0.25) is 0 Å². The third kappa shape index (κ3) is 3.91. The molecule has 33 heavy (non-hydrogen) atoms. The van der Waals surface area contributed by atoms with Gasteiger partial charge in [-0.15, -0.1) is 0 Å². The average molecular weight is 462 g/mol. The number of methoxy groups -OCH3 is 1. The van der Waals surface area contributed by atoms with E-state index in [4.69, 9.17) is 18.6 Å². The molecular formula is C22H22O11. The molecule has 3 aromatic rings. The van der Waals surface area contributed by atoms with Crippen molar-refractivity contribution in [1.82, 2.24) is 0 Å². The molecule has 2 unspecified atom stereocenters. The van der Waals surface area contributed by atoms with Crippen LogP contribution < -0.4 is 14.9 Å². The molecule has 0 radical (unpaired) electrons. The first-order valence-corrected chi connectivity index (χ1v) is 9.88. The zero-order valence-corrected chi connectivity index (χ0v) is 17.5. The highest BCUT2D eigenvalue weighted by molar-refractivity contribution is 5.88. The van der Waals surface area contributed by atoms with E-state index in [1.807, 2.05) is 0 Å². The molecule has 0 bridgehead atoms. The first kappa shape index (κ1) is 22.7. The molecule has 11 nitrogen and oxygen atoms in total. The Labute approximate surface area is 186 Å². The number of aliphatic hydroxyl groups is 3. The van der Waals surface area contributed by atoms with E-state index in [-0.39, 0.29) is 39.5 Å². The molecular weight excluding hydrogens is 440 g/mol. The van der Waals surface area contributed by atoms with E-state index in [9.17, 15) is 35.4 Å². The number of rotatable bonds is 4. The van der Waals surface area contributed by atoms with E-state index in [1.54, 1.807) is 0 Å². The standard InChI is InChI=1S/C22H22O11/c1-8-16(26)18(28)19(29)22(31-8)33-21-17(27)15-12(25)6-10(23)7-14(15)32-20(21)9-3-4-13(30-2)11(24)5-9/h3-8,16,18-19,22-26,28-29H,1-2H3/t8?,16-,18?,19-,22-/m0/s1. The summed E-state index contributed by atoms with van der Waals surface area (Å²) < 4.78 is 21.8. The Balaban J connectivity index is 1.91. The summed E-state index contributed by atoms with van der Waals surface area (Å²) in [5.41, 5.74) is -0.892. The second kappa shape index (κ2) is 8.45. The number of fused-ring (bicyclic) bond motifs is 1. The lowest BCUT2D eigenvalue weighted by molar-refractivity contribution is -0.268. The lowest BCUT2D eigenvalue weighted by Gasteiger charge is -2.38. The van der Waals surface area contributed by atoms with Gasteiger partial charge in [-0.05, 0) is 25.1 Å². The second-order valence-corrected chi connectivity index (χ2v) is 7.61. The van der Waals surface area contributed by atoms with Gasteiger partial charge in [-0.25, -0.2) is 0 Å². The summed E-state index contributed by atoms with van der Waals surface area (Å²) in [6, 6.07) is 6.15. The highest BCUT2D eigenvalue weighted by atomic mass is 16.7. The van der Waals surface area contributed by atoms with Crippen molar-refractivity contribution in [3.8, 4) is 40.1 Å². The Kier molecular flexibility index (Phi) is 5.80. The fraction of sp³-hybridized carbons (Fsp3) is 0.318. The van der Waals surface area contributed by atoms with E-state index < -0.39 is 47.6 Å². The molecule has 11 heteroatoms. The van der Waals surface area contributed by atoms with E-state index in [1.165, 1.54) is 32.2 Å². The first-order chi connectivity index (χ1) is 15.6. The number of hydrogen-bond acceptors (Lipinski definition) is 11. The van der Waals surface area contributed by atoms with Crippen LogP contribution in [0.3, 0.4) is 0 Å². The van der Waals surface area contributed by atoms with Crippen LogP contribution in [0.5, 0.6) is 28.7 Å². The molecule has 1 saturated heterocycles. The Morgan fingerprint density at radius 3 is 2.33 bits per heavy atom. The van der Waals surface area contributed by atoms with Crippen molar-refractivity contribution in [2.75, 3.05) is 7.11 Å². The fourth-order valence-electron chi connectivity index (χ4n) is 3.62. The molecule has 4 rings (SSSR count). The van der Waals surface area contributed by atoms with Gasteiger partial charge < -0.3 is 49.3 Å². The van der Waals surface area contributed by atoms with Gasteiger partial charge in [0.15, 0.2) is 17.3 Å². The van der Waals surface area contributed by atoms with Gasteiger partial charge in [0.2, 0.25) is 17.5 Å².